The molecule has 0 bridgehead atoms. The summed E-state index contributed by atoms with van der Waals surface area (Å²) in [7, 11) is 1.31. The number of nitrogens with zero attached hydrogens (tertiary/aromatic N) is 4. The van der Waals surface area contributed by atoms with Crippen molar-refractivity contribution in [3.63, 3.8) is 0 Å². The zero-order chi connectivity index (χ0) is 16.6. The highest BCUT2D eigenvalue weighted by atomic mass is 16.6. The monoisotopic (exact) mass is 314 g/mol. The van der Waals surface area contributed by atoms with Gasteiger partial charge in [-0.3, -0.25) is 14.9 Å². The number of methoxy groups -OCH3 is 1. The van der Waals surface area contributed by atoms with Crippen molar-refractivity contribution in [1.82, 2.24) is 9.55 Å². The summed E-state index contributed by atoms with van der Waals surface area (Å²) in [4.78, 5) is 31.3. The second-order valence-electron chi connectivity index (χ2n) is 5.19. The number of aliphatic imine (C=N–C) groups is 1. The van der Waals surface area contributed by atoms with Crippen LogP contribution in [0.3, 0.4) is 0 Å². The largest absolute Gasteiger partial charge is 0.468 e. The smallest absolute Gasteiger partial charge is 0.316 e. The van der Waals surface area contributed by atoms with Crippen LogP contribution < -0.4 is 0 Å². The van der Waals surface area contributed by atoms with E-state index in [9.17, 15) is 14.9 Å². The van der Waals surface area contributed by atoms with Crippen molar-refractivity contribution < 1.29 is 14.5 Å². The zero-order valence-electron chi connectivity index (χ0n) is 12.5. The Balaban J connectivity index is 2.17. The molecule has 1 aromatic carbocycles. The fourth-order valence-electron chi connectivity index (χ4n) is 2.83. The lowest BCUT2D eigenvalue weighted by molar-refractivity contribution is -0.384. The minimum Gasteiger partial charge on any atom is -0.468 e. The van der Waals surface area contributed by atoms with E-state index in [4.69, 9.17) is 4.74 Å². The predicted octanol–water partition coefficient (Wildman–Crippen LogP) is 2.28. The number of hydrogen-bond donors (Lipinski definition) is 0. The van der Waals surface area contributed by atoms with E-state index in [2.05, 4.69) is 9.98 Å². The Bertz CT molecular complexity index is 811. The Hall–Kier alpha value is -3.03. The number of nitro benzene ring substituents is 1. The molecular formula is C15H14N4O4. The molecule has 1 aliphatic rings. The van der Waals surface area contributed by atoms with E-state index < -0.39 is 22.9 Å². The Labute approximate surface area is 131 Å². The van der Waals surface area contributed by atoms with E-state index in [1.54, 1.807) is 36.0 Å². The van der Waals surface area contributed by atoms with Gasteiger partial charge in [-0.25, -0.2) is 9.98 Å². The first-order valence-electron chi connectivity index (χ1n) is 6.93. The highest BCUT2D eigenvalue weighted by molar-refractivity contribution is 6.03. The quantitative estimate of drug-likeness (QED) is 0.491. The Morgan fingerprint density at radius 3 is 2.91 bits per heavy atom. The van der Waals surface area contributed by atoms with Gasteiger partial charge in [0.15, 0.2) is 0 Å². The van der Waals surface area contributed by atoms with E-state index in [0.717, 1.165) is 0 Å². The van der Waals surface area contributed by atoms with Gasteiger partial charge >= 0.3 is 5.97 Å². The number of rotatable bonds is 3. The minimum atomic E-state index is -0.663. The number of benzene rings is 1. The van der Waals surface area contributed by atoms with Crippen LogP contribution in [0.1, 0.15) is 18.5 Å². The average Bonchev–Trinajstić information content (AvgIpc) is 3.00. The molecule has 2 unspecified atom stereocenters. The summed E-state index contributed by atoms with van der Waals surface area (Å²) >= 11 is 0. The number of carbonyl (C=O) groups is 1. The van der Waals surface area contributed by atoms with Gasteiger partial charge < -0.3 is 9.30 Å². The van der Waals surface area contributed by atoms with Gasteiger partial charge in [-0.1, -0.05) is 12.1 Å². The number of imidazole rings is 1. The second-order valence-corrected chi connectivity index (χ2v) is 5.19. The molecule has 2 heterocycles. The number of ether oxygens (including phenoxy) is 1. The van der Waals surface area contributed by atoms with Gasteiger partial charge in [0.1, 0.15) is 5.92 Å². The molecule has 8 nitrogen and oxygen atoms in total. The van der Waals surface area contributed by atoms with E-state index in [0.29, 0.717) is 17.2 Å². The summed E-state index contributed by atoms with van der Waals surface area (Å²) in [6, 6.07) is 5.73. The van der Waals surface area contributed by atoms with Crippen LogP contribution in [-0.2, 0) is 9.53 Å². The van der Waals surface area contributed by atoms with Crippen molar-refractivity contribution >= 4 is 23.3 Å². The van der Waals surface area contributed by atoms with Gasteiger partial charge in [0.2, 0.25) is 5.95 Å². The second kappa shape index (κ2) is 5.64. The third-order valence-corrected chi connectivity index (χ3v) is 3.87. The van der Waals surface area contributed by atoms with Crippen molar-refractivity contribution in [2.24, 2.45) is 10.9 Å². The molecule has 0 spiro atoms. The van der Waals surface area contributed by atoms with Gasteiger partial charge in [0, 0.05) is 30.2 Å². The molecule has 1 aliphatic heterocycles. The van der Waals surface area contributed by atoms with Gasteiger partial charge in [0.05, 0.1) is 18.1 Å². The molecule has 2 atom stereocenters. The van der Waals surface area contributed by atoms with E-state index >= 15 is 0 Å². The number of non-ortho nitro benzene ring substituents is 1. The number of esters is 1. The van der Waals surface area contributed by atoms with Crippen LogP contribution in [0.4, 0.5) is 11.6 Å². The topological polar surface area (TPSA) is 99.6 Å². The lowest BCUT2D eigenvalue weighted by Gasteiger charge is -2.30. The van der Waals surface area contributed by atoms with E-state index in [-0.39, 0.29) is 5.69 Å². The molecule has 0 saturated carbocycles. The van der Waals surface area contributed by atoms with Gasteiger partial charge in [-0.15, -0.1) is 0 Å². The van der Waals surface area contributed by atoms with E-state index in [1.165, 1.54) is 19.2 Å². The van der Waals surface area contributed by atoms with Crippen molar-refractivity contribution in [2.45, 2.75) is 13.0 Å². The van der Waals surface area contributed by atoms with Crippen LogP contribution in [0.25, 0.3) is 0 Å². The number of carbonyl (C=O) groups excluding carboxylic acids is 1. The molecule has 23 heavy (non-hydrogen) atoms. The molecule has 0 aliphatic carbocycles. The lowest BCUT2D eigenvalue weighted by atomic mass is 9.88. The average molecular weight is 314 g/mol. The number of aromatic nitrogens is 2. The van der Waals surface area contributed by atoms with Crippen molar-refractivity contribution in [2.75, 3.05) is 7.11 Å². The number of fused-ring (bicyclic) bond motifs is 1. The van der Waals surface area contributed by atoms with Crippen LogP contribution in [0.15, 0.2) is 41.7 Å². The van der Waals surface area contributed by atoms with Crippen LogP contribution in [-0.4, -0.2) is 33.3 Å². The van der Waals surface area contributed by atoms with Crippen LogP contribution >= 0.6 is 0 Å². The first-order chi connectivity index (χ1) is 11.0. The zero-order valence-corrected chi connectivity index (χ0v) is 12.5. The molecule has 0 radical (unpaired) electrons. The van der Waals surface area contributed by atoms with Crippen molar-refractivity contribution in [1.29, 1.82) is 0 Å². The van der Waals surface area contributed by atoms with Crippen LogP contribution in [0.2, 0.25) is 0 Å². The number of nitro groups is 1. The van der Waals surface area contributed by atoms with Gasteiger partial charge in [-0.2, -0.15) is 0 Å². The molecule has 3 rings (SSSR count). The fraction of sp³-hybridized carbons (Fsp3) is 0.267. The summed E-state index contributed by atoms with van der Waals surface area (Å²) in [5, 5.41) is 11.0. The normalized spacial score (nSPS) is 19.7. The summed E-state index contributed by atoms with van der Waals surface area (Å²) in [6.07, 6.45) is 3.28. The van der Waals surface area contributed by atoms with Gasteiger partial charge in [0.25, 0.3) is 5.69 Å². The molecule has 1 aromatic heterocycles. The standard InChI is InChI=1S/C15H14N4O4/c1-9-12(14(20)23-2)13(18-7-6-16-15(18)17-9)10-4-3-5-11(8-10)19(21)22/h3-8,12-13H,1-2H3. The maximum Gasteiger partial charge on any atom is 0.316 e. The summed E-state index contributed by atoms with van der Waals surface area (Å²) < 4.78 is 6.62. The molecule has 2 aromatic rings. The summed E-state index contributed by atoms with van der Waals surface area (Å²) in [5.41, 5.74) is 1.16. The Kier molecular flexibility index (Phi) is 3.65. The van der Waals surface area contributed by atoms with Crippen molar-refractivity contribution in [3.8, 4) is 0 Å². The first-order valence-corrected chi connectivity index (χ1v) is 6.93. The third-order valence-electron chi connectivity index (χ3n) is 3.87. The highest BCUT2D eigenvalue weighted by Crippen LogP contribution is 2.37. The Morgan fingerprint density at radius 2 is 2.22 bits per heavy atom. The minimum absolute atomic E-state index is 0.0343. The molecule has 0 N–H and O–H groups in total. The molecule has 0 saturated heterocycles. The number of hydrogen-bond acceptors (Lipinski definition) is 6. The lowest BCUT2D eigenvalue weighted by Crippen LogP contribution is -2.35. The summed E-state index contributed by atoms with van der Waals surface area (Å²) in [6.45, 7) is 1.73. The molecule has 0 amide bonds. The van der Waals surface area contributed by atoms with Crippen molar-refractivity contribution in [3.05, 3.63) is 52.3 Å². The fourth-order valence-corrected chi connectivity index (χ4v) is 2.83. The molecular weight excluding hydrogens is 300 g/mol. The highest BCUT2D eigenvalue weighted by Gasteiger charge is 2.38. The van der Waals surface area contributed by atoms with Gasteiger partial charge in [-0.05, 0) is 12.5 Å². The maximum absolute atomic E-state index is 12.2. The SMILES string of the molecule is COC(=O)C1C(C)=Nc2nccn2C1c1cccc([N+](=O)[O-])c1. The first kappa shape index (κ1) is 14.9. The molecule has 0 fully saturated rings. The Morgan fingerprint density at radius 1 is 1.43 bits per heavy atom. The van der Waals surface area contributed by atoms with Crippen LogP contribution in [0.5, 0.6) is 0 Å². The van der Waals surface area contributed by atoms with Crippen LogP contribution in [0, 0.1) is 16.0 Å². The molecule has 8 heteroatoms. The predicted molar refractivity (Wildman–Crippen MR) is 81.7 cm³/mol. The summed E-state index contributed by atoms with van der Waals surface area (Å²) in [5.74, 6) is -0.648. The third kappa shape index (κ3) is 2.48. The van der Waals surface area contributed by atoms with E-state index in [1.807, 2.05) is 0 Å². The molecule has 118 valence electrons. The maximum atomic E-state index is 12.2.